The number of nitrogens with two attached hydrogens (primary N) is 1. The maximum absolute atomic E-state index is 12.3. The van der Waals surface area contributed by atoms with Crippen molar-refractivity contribution in [3.05, 3.63) is 23.3 Å². The summed E-state index contributed by atoms with van der Waals surface area (Å²) in [5, 5.41) is 0. The van der Waals surface area contributed by atoms with Gasteiger partial charge in [-0.3, -0.25) is 0 Å². The van der Waals surface area contributed by atoms with Gasteiger partial charge in [0, 0.05) is 6.54 Å². The molecule has 1 aromatic rings. The predicted octanol–water partition coefficient (Wildman–Crippen LogP) is 2.35. The number of sulfonamides is 1. The van der Waals surface area contributed by atoms with Gasteiger partial charge in [-0.2, -0.15) is 0 Å². The third-order valence-corrected chi connectivity index (χ3v) is 5.43. The van der Waals surface area contributed by atoms with Crippen molar-refractivity contribution in [2.24, 2.45) is 5.92 Å². The third kappa shape index (κ3) is 3.28. The number of hydrogen-bond donors (Lipinski definition) is 2. The summed E-state index contributed by atoms with van der Waals surface area (Å²) in [6, 6.07) is 3.38. The van der Waals surface area contributed by atoms with Gasteiger partial charge in [-0.15, -0.1) is 0 Å². The van der Waals surface area contributed by atoms with E-state index in [9.17, 15) is 8.42 Å². The van der Waals surface area contributed by atoms with E-state index in [0.29, 0.717) is 18.2 Å². The molecule has 4 nitrogen and oxygen atoms in total. The molecule has 0 heterocycles. The molecule has 0 aliphatic heterocycles. The molecule has 3 N–H and O–H groups in total. The number of nitrogens with one attached hydrogen (secondary N) is 1. The second kappa shape index (κ2) is 5.51. The Morgan fingerprint density at radius 1 is 1.21 bits per heavy atom. The minimum absolute atomic E-state index is 0.202. The Balaban J connectivity index is 2.16. The van der Waals surface area contributed by atoms with Crippen LogP contribution < -0.4 is 10.5 Å². The van der Waals surface area contributed by atoms with Gasteiger partial charge in [-0.25, -0.2) is 13.1 Å². The Morgan fingerprint density at radius 2 is 1.79 bits per heavy atom. The fourth-order valence-electron chi connectivity index (χ4n) is 2.56. The summed E-state index contributed by atoms with van der Waals surface area (Å²) >= 11 is 0. The predicted molar refractivity (Wildman–Crippen MR) is 77.5 cm³/mol. The SMILES string of the molecule is Cc1cc(N)c(S(=O)(=O)NCC2CCCC2)cc1C. The summed E-state index contributed by atoms with van der Waals surface area (Å²) in [5.41, 5.74) is 8.11. The maximum Gasteiger partial charge on any atom is 0.242 e. The molecule has 1 aliphatic carbocycles. The highest BCUT2D eigenvalue weighted by Crippen LogP contribution is 2.26. The van der Waals surface area contributed by atoms with Crippen LogP contribution in [0.2, 0.25) is 0 Å². The van der Waals surface area contributed by atoms with Crippen LogP contribution in [0.15, 0.2) is 17.0 Å². The molecule has 1 aromatic carbocycles. The van der Waals surface area contributed by atoms with Crippen LogP contribution in [0.25, 0.3) is 0 Å². The molecule has 0 amide bonds. The van der Waals surface area contributed by atoms with Crippen LogP contribution in [-0.2, 0) is 10.0 Å². The van der Waals surface area contributed by atoms with Crippen molar-refractivity contribution < 1.29 is 8.42 Å². The number of nitrogen functional groups attached to an aromatic ring is 1. The second-order valence-electron chi connectivity index (χ2n) is 5.48. The zero-order valence-electron chi connectivity index (χ0n) is 11.6. The zero-order valence-corrected chi connectivity index (χ0v) is 12.4. The number of rotatable bonds is 4. The third-order valence-electron chi connectivity index (χ3n) is 3.95. The van der Waals surface area contributed by atoms with Crippen molar-refractivity contribution in [2.75, 3.05) is 12.3 Å². The van der Waals surface area contributed by atoms with Crippen LogP contribution in [0.4, 0.5) is 5.69 Å². The molecule has 1 saturated carbocycles. The normalized spacial score (nSPS) is 16.9. The molecule has 0 atom stereocenters. The lowest BCUT2D eigenvalue weighted by molar-refractivity contribution is 0.520. The largest absolute Gasteiger partial charge is 0.398 e. The first-order valence-corrected chi connectivity index (χ1v) is 8.25. The number of benzene rings is 1. The van der Waals surface area contributed by atoms with Gasteiger partial charge in [0.1, 0.15) is 4.90 Å². The Morgan fingerprint density at radius 3 is 2.42 bits per heavy atom. The van der Waals surface area contributed by atoms with Crippen LogP contribution in [0, 0.1) is 19.8 Å². The van der Waals surface area contributed by atoms with Gasteiger partial charge in [0.2, 0.25) is 10.0 Å². The summed E-state index contributed by atoms with van der Waals surface area (Å²) in [6.07, 6.45) is 4.65. The first-order chi connectivity index (χ1) is 8.90. The van der Waals surface area contributed by atoms with Crippen LogP contribution in [-0.4, -0.2) is 15.0 Å². The molecule has 1 fully saturated rings. The molecular formula is C14H22N2O2S. The van der Waals surface area contributed by atoms with Crippen molar-refractivity contribution >= 4 is 15.7 Å². The summed E-state index contributed by atoms with van der Waals surface area (Å²) in [4.78, 5) is 0.202. The Hall–Kier alpha value is -1.07. The molecule has 106 valence electrons. The quantitative estimate of drug-likeness (QED) is 0.833. The lowest BCUT2D eigenvalue weighted by atomic mass is 10.1. The fourth-order valence-corrected chi connectivity index (χ4v) is 3.88. The highest BCUT2D eigenvalue weighted by Gasteiger charge is 2.21. The Labute approximate surface area is 115 Å². The van der Waals surface area contributed by atoms with E-state index in [1.807, 2.05) is 13.8 Å². The van der Waals surface area contributed by atoms with Crippen molar-refractivity contribution in [1.29, 1.82) is 0 Å². The smallest absolute Gasteiger partial charge is 0.242 e. The van der Waals surface area contributed by atoms with E-state index in [1.165, 1.54) is 12.8 Å². The van der Waals surface area contributed by atoms with Gasteiger partial charge in [-0.1, -0.05) is 12.8 Å². The van der Waals surface area contributed by atoms with Gasteiger partial charge in [-0.05, 0) is 55.9 Å². The Kier molecular flexibility index (Phi) is 4.16. The van der Waals surface area contributed by atoms with Crippen LogP contribution >= 0.6 is 0 Å². The average molecular weight is 282 g/mol. The van der Waals surface area contributed by atoms with Crippen molar-refractivity contribution in [3.8, 4) is 0 Å². The summed E-state index contributed by atoms with van der Waals surface area (Å²) in [7, 11) is -3.49. The lowest BCUT2D eigenvalue weighted by Crippen LogP contribution is -2.29. The van der Waals surface area contributed by atoms with Gasteiger partial charge in [0.05, 0.1) is 5.69 Å². The molecule has 0 bridgehead atoms. The van der Waals surface area contributed by atoms with E-state index >= 15 is 0 Å². The average Bonchev–Trinajstić information content (AvgIpc) is 2.84. The van der Waals surface area contributed by atoms with Gasteiger partial charge in [0.25, 0.3) is 0 Å². The van der Waals surface area contributed by atoms with Gasteiger partial charge < -0.3 is 5.73 Å². The van der Waals surface area contributed by atoms with E-state index in [2.05, 4.69) is 4.72 Å². The standard InChI is InChI=1S/C14H22N2O2S/c1-10-7-13(15)14(8-11(10)2)19(17,18)16-9-12-5-3-4-6-12/h7-8,12,16H,3-6,9,15H2,1-2H3. The monoisotopic (exact) mass is 282 g/mol. The van der Waals surface area contributed by atoms with E-state index in [0.717, 1.165) is 24.0 Å². The van der Waals surface area contributed by atoms with Crippen LogP contribution in [0.3, 0.4) is 0 Å². The number of aryl methyl sites for hydroxylation is 2. The van der Waals surface area contributed by atoms with Crippen molar-refractivity contribution in [3.63, 3.8) is 0 Å². The summed E-state index contributed by atoms with van der Waals surface area (Å²) < 4.78 is 27.3. The molecule has 2 rings (SSSR count). The molecule has 19 heavy (non-hydrogen) atoms. The van der Waals surface area contributed by atoms with Crippen LogP contribution in [0.1, 0.15) is 36.8 Å². The van der Waals surface area contributed by atoms with Gasteiger partial charge >= 0.3 is 0 Å². The molecule has 0 aromatic heterocycles. The molecule has 5 heteroatoms. The minimum atomic E-state index is -3.49. The van der Waals surface area contributed by atoms with E-state index in [1.54, 1.807) is 12.1 Å². The number of anilines is 1. The Bertz CT molecular complexity index is 561. The van der Waals surface area contributed by atoms with Gasteiger partial charge in [0.15, 0.2) is 0 Å². The van der Waals surface area contributed by atoms with E-state index in [-0.39, 0.29) is 4.90 Å². The first kappa shape index (κ1) is 14.3. The van der Waals surface area contributed by atoms with Crippen molar-refractivity contribution in [2.45, 2.75) is 44.4 Å². The molecule has 0 radical (unpaired) electrons. The van der Waals surface area contributed by atoms with Crippen molar-refractivity contribution in [1.82, 2.24) is 4.72 Å². The van der Waals surface area contributed by atoms with Crippen LogP contribution in [0.5, 0.6) is 0 Å². The fraction of sp³-hybridized carbons (Fsp3) is 0.571. The maximum atomic E-state index is 12.3. The molecule has 1 aliphatic rings. The van der Waals surface area contributed by atoms with E-state index in [4.69, 9.17) is 5.73 Å². The van der Waals surface area contributed by atoms with E-state index < -0.39 is 10.0 Å². The highest BCUT2D eigenvalue weighted by molar-refractivity contribution is 7.89. The summed E-state index contributed by atoms with van der Waals surface area (Å²) in [6.45, 7) is 4.34. The molecule has 0 unspecified atom stereocenters. The molecule has 0 spiro atoms. The molecular weight excluding hydrogens is 260 g/mol. The molecule has 0 saturated heterocycles. The lowest BCUT2D eigenvalue weighted by Gasteiger charge is -2.14. The number of hydrogen-bond acceptors (Lipinski definition) is 3. The highest BCUT2D eigenvalue weighted by atomic mass is 32.2. The second-order valence-corrected chi connectivity index (χ2v) is 7.21. The zero-order chi connectivity index (χ0) is 14.0. The summed E-state index contributed by atoms with van der Waals surface area (Å²) in [5.74, 6) is 0.475. The topological polar surface area (TPSA) is 72.2 Å². The minimum Gasteiger partial charge on any atom is -0.398 e. The first-order valence-electron chi connectivity index (χ1n) is 6.76.